The first-order valence-electron chi connectivity index (χ1n) is 25.4. The van der Waals surface area contributed by atoms with Crippen molar-refractivity contribution in [3.05, 3.63) is 238 Å². The van der Waals surface area contributed by atoms with Crippen molar-refractivity contribution in [1.82, 2.24) is 9.13 Å². The van der Waals surface area contributed by atoms with Gasteiger partial charge in [-0.3, -0.25) is 0 Å². The maximum absolute atomic E-state index is 11.1. The van der Waals surface area contributed by atoms with Crippen molar-refractivity contribution in [2.24, 2.45) is 0 Å². The number of nitriles is 2. The maximum Gasteiger partial charge on any atom is 0.0998 e. The molecular formula is C70H54N4. The van der Waals surface area contributed by atoms with Crippen molar-refractivity contribution in [3.8, 4) is 79.1 Å². The molecule has 74 heavy (non-hydrogen) atoms. The number of aryl methyl sites for hydroxylation is 8. The van der Waals surface area contributed by atoms with E-state index in [0.717, 1.165) is 77.2 Å². The molecule has 0 N–H and O–H groups in total. The fourth-order valence-electron chi connectivity index (χ4n) is 11.8. The lowest BCUT2D eigenvalue weighted by atomic mass is 9.95. The maximum atomic E-state index is 11.1. The van der Waals surface area contributed by atoms with Crippen LogP contribution in [0, 0.1) is 78.1 Å². The molecule has 0 saturated carbocycles. The highest BCUT2D eigenvalue weighted by Gasteiger charge is 2.21. The number of hydrogen-bond donors (Lipinski definition) is 0. The fourth-order valence-corrected chi connectivity index (χ4v) is 11.8. The first-order chi connectivity index (χ1) is 35.8. The van der Waals surface area contributed by atoms with E-state index in [-0.39, 0.29) is 0 Å². The number of nitrogens with zero attached hydrogens (tertiary/aromatic N) is 4. The van der Waals surface area contributed by atoms with Gasteiger partial charge in [0.2, 0.25) is 0 Å². The average molecular weight is 951 g/mol. The molecule has 354 valence electrons. The quantitative estimate of drug-likeness (QED) is 0.160. The molecule has 12 aromatic rings. The van der Waals surface area contributed by atoms with Crippen LogP contribution in [-0.4, -0.2) is 9.13 Å². The van der Waals surface area contributed by atoms with Gasteiger partial charge in [0.25, 0.3) is 0 Å². The zero-order chi connectivity index (χ0) is 51.1. The van der Waals surface area contributed by atoms with Crippen LogP contribution < -0.4 is 0 Å². The van der Waals surface area contributed by atoms with Gasteiger partial charge >= 0.3 is 0 Å². The van der Waals surface area contributed by atoms with Crippen LogP contribution in [0.15, 0.2) is 182 Å². The van der Waals surface area contributed by atoms with Gasteiger partial charge in [-0.1, -0.05) is 156 Å². The third-order valence-corrected chi connectivity index (χ3v) is 15.4. The summed E-state index contributed by atoms with van der Waals surface area (Å²) >= 11 is 0. The normalized spacial score (nSPS) is 11.5. The highest BCUT2D eigenvalue weighted by Crippen LogP contribution is 2.42. The summed E-state index contributed by atoms with van der Waals surface area (Å²) in [5.74, 6) is 0. The lowest BCUT2D eigenvalue weighted by molar-refractivity contribution is 1.17. The van der Waals surface area contributed by atoms with E-state index >= 15 is 0 Å². The van der Waals surface area contributed by atoms with Gasteiger partial charge < -0.3 is 9.13 Å². The number of fused-ring (bicyclic) bond motifs is 6. The molecule has 12 rings (SSSR count). The third kappa shape index (κ3) is 7.67. The number of hydrogen-bond acceptors (Lipinski definition) is 2. The van der Waals surface area contributed by atoms with Crippen molar-refractivity contribution in [3.63, 3.8) is 0 Å². The molecule has 0 saturated heterocycles. The highest BCUT2D eigenvalue weighted by atomic mass is 15.0. The van der Waals surface area contributed by atoms with E-state index in [2.05, 4.69) is 234 Å². The zero-order valence-electron chi connectivity index (χ0n) is 43.1. The molecule has 0 amide bonds. The van der Waals surface area contributed by atoms with E-state index in [1.165, 1.54) is 66.8 Å². The summed E-state index contributed by atoms with van der Waals surface area (Å²) in [6, 6.07) is 70.9. The second-order valence-corrected chi connectivity index (χ2v) is 20.6. The molecule has 0 aliphatic carbocycles. The Morgan fingerprint density at radius 3 is 0.770 bits per heavy atom. The van der Waals surface area contributed by atoms with Crippen LogP contribution in [0.25, 0.3) is 111 Å². The summed E-state index contributed by atoms with van der Waals surface area (Å²) in [7, 11) is 0. The lowest BCUT2D eigenvalue weighted by Crippen LogP contribution is -1.99. The zero-order valence-corrected chi connectivity index (χ0v) is 43.1. The monoisotopic (exact) mass is 950 g/mol. The molecule has 0 fully saturated rings. The molecule has 2 heterocycles. The summed E-state index contributed by atoms with van der Waals surface area (Å²) < 4.78 is 4.62. The Morgan fingerprint density at radius 2 is 0.527 bits per heavy atom. The summed E-state index contributed by atoms with van der Waals surface area (Å²) in [5.41, 5.74) is 27.5. The van der Waals surface area contributed by atoms with Crippen molar-refractivity contribution in [1.29, 1.82) is 10.5 Å². The highest BCUT2D eigenvalue weighted by molar-refractivity contribution is 6.13. The van der Waals surface area contributed by atoms with Gasteiger partial charge in [0, 0.05) is 44.0 Å². The molecular weight excluding hydrogens is 897 g/mol. The molecule has 4 nitrogen and oxygen atoms in total. The first-order valence-corrected chi connectivity index (χ1v) is 25.4. The van der Waals surface area contributed by atoms with Crippen LogP contribution in [-0.2, 0) is 0 Å². The summed E-state index contributed by atoms with van der Waals surface area (Å²) in [6.45, 7) is 17.2. The molecule has 0 spiro atoms. The summed E-state index contributed by atoms with van der Waals surface area (Å²) in [4.78, 5) is 0. The average Bonchev–Trinajstić information content (AvgIpc) is 3.90. The van der Waals surface area contributed by atoms with Gasteiger partial charge in [0.05, 0.1) is 45.3 Å². The minimum atomic E-state index is 0.492. The molecule has 0 aliphatic heterocycles. The smallest absolute Gasteiger partial charge is 0.0998 e. The van der Waals surface area contributed by atoms with Crippen molar-refractivity contribution in [2.75, 3.05) is 0 Å². The molecule has 0 atom stereocenters. The molecule has 0 bridgehead atoms. The Bertz CT molecular complexity index is 3920. The van der Waals surface area contributed by atoms with Crippen LogP contribution >= 0.6 is 0 Å². The number of benzene rings is 10. The SMILES string of the molecule is Cc1ccc(-c2ccc3c4ccc(-c5ccc(C)cc5C)cc4n(-c4ccc(-c5ccc(-n6c7cc(-c8ccc(C)cc8C)ccc7c7ccc(-c8ccc(C)cc8C)cc76)cc5C#N)c(C#N)c4)c3c2)c(C)c1. The van der Waals surface area contributed by atoms with Crippen LogP contribution in [0.3, 0.4) is 0 Å². The predicted octanol–water partition coefficient (Wildman–Crippen LogP) is 18.4. The van der Waals surface area contributed by atoms with Crippen LogP contribution in [0.5, 0.6) is 0 Å². The van der Waals surface area contributed by atoms with E-state index in [0.29, 0.717) is 22.3 Å². The van der Waals surface area contributed by atoms with Crippen LogP contribution in [0.1, 0.15) is 55.6 Å². The van der Waals surface area contributed by atoms with Gasteiger partial charge in [0.1, 0.15) is 0 Å². The number of rotatable bonds is 7. The van der Waals surface area contributed by atoms with Crippen molar-refractivity contribution in [2.45, 2.75) is 55.4 Å². The van der Waals surface area contributed by atoms with Crippen LogP contribution in [0.4, 0.5) is 0 Å². The van der Waals surface area contributed by atoms with Gasteiger partial charge in [-0.15, -0.1) is 0 Å². The molecule has 0 radical (unpaired) electrons. The van der Waals surface area contributed by atoms with E-state index in [1.807, 2.05) is 24.3 Å². The number of aromatic nitrogens is 2. The molecule has 10 aromatic carbocycles. The molecule has 0 unspecified atom stereocenters. The summed E-state index contributed by atoms with van der Waals surface area (Å²) in [5, 5.41) is 26.7. The Morgan fingerprint density at radius 1 is 0.270 bits per heavy atom. The first kappa shape index (κ1) is 45.9. The van der Waals surface area contributed by atoms with Gasteiger partial charge in [-0.25, -0.2) is 0 Å². The second-order valence-electron chi connectivity index (χ2n) is 20.6. The van der Waals surface area contributed by atoms with Crippen molar-refractivity contribution < 1.29 is 0 Å². The topological polar surface area (TPSA) is 57.4 Å². The Labute approximate surface area is 433 Å². The molecule has 4 heteroatoms. The third-order valence-electron chi connectivity index (χ3n) is 15.4. The molecule has 2 aromatic heterocycles. The van der Waals surface area contributed by atoms with E-state index in [4.69, 9.17) is 0 Å². The standard InChI is InChI=1S/C70H54N4/c1-41-9-19-57(45(5)29-41)49-13-23-63-64-24-14-50(58-20-10-42(2)30-46(58)6)36-68(64)73(67(63)35-49)55-17-27-61(53(33-55)39-71)62-28-18-56(34-54(62)40-72)74-69-37-51(59-21-11-43(3)31-47(59)7)15-25-65(69)66-26-16-52(38-70(66)74)60-22-12-44(4)32-48(60)8/h9-38H,1-8H3. The predicted molar refractivity (Wildman–Crippen MR) is 310 cm³/mol. The van der Waals surface area contributed by atoms with Gasteiger partial charge in [0.15, 0.2) is 0 Å². The Balaban J connectivity index is 1.03. The van der Waals surface area contributed by atoms with Crippen LogP contribution in [0.2, 0.25) is 0 Å². The lowest BCUT2D eigenvalue weighted by Gasteiger charge is -2.15. The summed E-state index contributed by atoms with van der Waals surface area (Å²) in [6.07, 6.45) is 0. The Hall–Kier alpha value is -9.22. The van der Waals surface area contributed by atoms with E-state index in [9.17, 15) is 10.5 Å². The Kier molecular flexibility index (Phi) is 11.0. The fraction of sp³-hybridized carbons (Fsp3) is 0.114. The van der Waals surface area contributed by atoms with Gasteiger partial charge in [-0.2, -0.15) is 10.5 Å². The minimum Gasteiger partial charge on any atom is -0.309 e. The largest absolute Gasteiger partial charge is 0.309 e. The van der Waals surface area contributed by atoms with E-state index in [1.54, 1.807) is 0 Å². The van der Waals surface area contributed by atoms with Gasteiger partial charge in [-0.05, 0) is 171 Å². The minimum absolute atomic E-state index is 0.492. The molecule has 0 aliphatic rings. The second kappa shape index (κ2) is 17.8. The van der Waals surface area contributed by atoms with E-state index < -0.39 is 0 Å². The van der Waals surface area contributed by atoms with Crippen molar-refractivity contribution >= 4 is 43.6 Å².